The Morgan fingerprint density at radius 2 is 1.94 bits per heavy atom. The van der Waals surface area contributed by atoms with Crippen molar-refractivity contribution >= 4 is 12.6 Å². The van der Waals surface area contributed by atoms with Gasteiger partial charge in [0.05, 0.1) is 7.11 Å². The number of nitrogens with zero attached hydrogens (tertiary/aromatic N) is 1. The van der Waals surface area contributed by atoms with Crippen molar-refractivity contribution in [2.45, 2.75) is 12.2 Å². The number of aromatic nitrogens is 1. The second-order valence-electron chi connectivity index (χ2n) is 3.86. The largest absolute Gasteiger partial charge is 0.494 e. The number of hydrogen-bond acceptors (Lipinski definition) is 3. The van der Waals surface area contributed by atoms with E-state index in [4.69, 9.17) is 4.74 Å². The molecule has 0 saturated carbocycles. The molecule has 0 aliphatic rings. The predicted octanol–water partition coefficient (Wildman–Crippen LogP) is 3.75. The molecule has 0 spiro atoms. The molecule has 1 unspecified atom stereocenters. The van der Waals surface area contributed by atoms with Crippen molar-refractivity contribution in [1.29, 1.82) is 0 Å². The molecule has 1 aromatic carbocycles. The molecule has 1 heterocycles. The molecule has 0 radical (unpaired) electrons. The summed E-state index contributed by atoms with van der Waals surface area (Å²) >= 11 is 4.40. The first kappa shape index (κ1) is 12.0. The lowest BCUT2D eigenvalue weighted by atomic mass is 10.1. The first-order valence-electron chi connectivity index (χ1n) is 5.50. The lowest BCUT2D eigenvalue weighted by Crippen LogP contribution is -1.95. The summed E-state index contributed by atoms with van der Waals surface area (Å²) in [6.07, 6.45) is 1.85. The van der Waals surface area contributed by atoms with Crippen LogP contribution in [0.1, 0.15) is 17.7 Å². The topological polar surface area (TPSA) is 22.1 Å². The van der Waals surface area contributed by atoms with Gasteiger partial charge in [0.1, 0.15) is 11.4 Å². The predicted molar refractivity (Wildman–Crippen MR) is 73.6 cm³/mol. The molecule has 88 valence electrons. The van der Waals surface area contributed by atoms with E-state index in [-0.39, 0.29) is 5.25 Å². The van der Waals surface area contributed by atoms with Crippen molar-refractivity contribution in [1.82, 2.24) is 4.98 Å². The second kappa shape index (κ2) is 5.23. The average Bonchev–Trinajstić information content (AvgIpc) is 2.39. The summed E-state index contributed by atoms with van der Waals surface area (Å²) in [7, 11) is 1.66. The summed E-state index contributed by atoms with van der Waals surface area (Å²) in [6.45, 7) is 2.02. The van der Waals surface area contributed by atoms with Crippen LogP contribution in [0.3, 0.4) is 0 Å². The fourth-order valence-electron chi connectivity index (χ4n) is 1.66. The molecule has 2 nitrogen and oxygen atoms in total. The summed E-state index contributed by atoms with van der Waals surface area (Å²) in [5, 5.41) is 0.154. The van der Waals surface area contributed by atoms with E-state index in [0.29, 0.717) is 0 Å². The monoisotopic (exact) mass is 245 g/mol. The zero-order valence-electron chi connectivity index (χ0n) is 9.92. The van der Waals surface area contributed by atoms with Gasteiger partial charge in [-0.15, -0.1) is 0 Å². The summed E-state index contributed by atoms with van der Waals surface area (Å²) in [5.41, 5.74) is 2.98. The molecule has 0 bridgehead atoms. The number of pyridine rings is 1. The van der Waals surface area contributed by atoms with E-state index >= 15 is 0 Å². The van der Waals surface area contributed by atoms with Crippen LogP contribution >= 0.6 is 12.6 Å². The maximum Gasteiger partial charge on any atom is 0.145 e. The van der Waals surface area contributed by atoms with Gasteiger partial charge in [0.25, 0.3) is 0 Å². The molecule has 2 aromatic rings. The Bertz CT molecular complexity index is 497. The van der Waals surface area contributed by atoms with Crippen molar-refractivity contribution in [3.05, 3.63) is 48.2 Å². The quantitative estimate of drug-likeness (QED) is 0.832. The Hall–Kier alpha value is -1.48. The van der Waals surface area contributed by atoms with Gasteiger partial charge in [-0.25, -0.2) is 0 Å². The van der Waals surface area contributed by atoms with Crippen LogP contribution in [0.25, 0.3) is 11.3 Å². The fraction of sp³-hybridized carbons (Fsp3) is 0.214. The van der Waals surface area contributed by atoms with Gasteiger partial charge in [0.2, 0.25) is 0 Å². The molecule has 0 amide bonds. The molecule has 0 N–H and O–H groups in total. The van der Waals surface area contributed by atoms with Crippen LogP contribution in [0.5, 0.6) is 5.75 Å². The Morgan fingerprint density at radius 3 is 2.53 bits per heavy atom. The summed E-state index contributed by atoms with van der Waals surface area (Å²) in [6, 6.07) is 12.0. The van der Waals surface area contributed by atoms with Gasteiger partial charge in [0.15, 0.2) is 0 Å². The minimum atomic E-state index is 0.154. The standard InChI is InChI=1S/C14H15NOS/c1-10(17)12-8-13(16-2)14(15-9-12)11-6-4-3-5-7-11/h3-10,17H,1-2H3. The first-order valence-corrected chi connectivity index (χ1v) is 6.01. The molecule has 0 aliphatic heterocycles. The van der Waals surface area contributed by atoms with Crippen LogP contribution in [0.4, 0.5) is 0 Å². The van der Waals surface area contributed by atoms with Crippen molar-refractivity contribution in [3.63, 3.8) is 0 Å². The number of benzene rings is 1. The SMILES string of the molecule is COc1cc(C(C)S)cnc1-c1ccccc1. The van der Waals surface area contributed by atoms with Crippen molar-refractivity contribution in [3.8, 4) is 17.0 Å². The van der Waals surface area contributed by atoms with E-state index in [2.05, 4.69) is 17.6 Å². The Labute approximate surface area is 107 Å². The molecule has 0 fully saturated rings. The van der Waals surface area contributed by atoms with E-state index < -0.39 is 0 Å². The maximum absolute atomic E-state index is 5.39. The van der Waals surface area contributed by atoms with E-state index in [1.54, 1.807) is 7.11 Å². The van der Waals surface area contributed by atoms with Gasteiger partial charge in [-0.2, -0.15) is 12.6 Å². The summed E-state index contributed by atoms with van der Waals surface area (Å²) < 4.78 is 5.39. The molecule has 1 atom stereocenters. The zero-order chi connectivity index (χ0) is 12.3. The third kappa shape index (κ3) is 2.61. The normalized spacial score (nSPS) is 12.2. The lowest BCUT2D eigenvalue weighted by Gasteiger charge is -2.11. The number of hydrogen-bond donors (Lipinski definition) is 1. The number of rotatable bonds is 3. The zero-order valence-corrected chi connectivity index (χ0v) is 10.8. The van der Waals surface area contributed by atoms with E-state index in [9.17, 15) is 0 Å². The highest BCUT2D eigenvalue weighted by Gasteiger charge is 2.10. The van der Waals surface area contributed by atoms with E-state index in [1.807, 2.05) is 49.5 Å². The molecule has 0 aliphatic carbocycles. The highest BCUT2D eigenvalue weighted by atomic mass is 32.1. The molecular weight excluding hydrogens is 230 g/mol. The molecule has 3 heteroatoms. The van der Waals surface area contributed by atoms with Crippen molar-refractivity contribution in [2.24, 2.45) is 0 Å². The lowest BCUT2D eigenvalue weighted by molar-refractivity contribution is 0.414. The number of methoxy groups -OCH3 is 1. The van der Waals surface area contributed by atoms with E-state index in [1.165, 1.54) is 0 Å². The maximum atomic E-state index is 5.39. The fourth-order valence-corrected chi connectivity index (χ4v) is 1.80. The van der Waals surface area contributed by atoms with Crippen LogP contribution in [-0.4, -0.2) is 12.1 Å². The number of thiol groups is 1. The van der Waals surface area contributed by atoms with E-state index in [0.717, 1.165) is 22.6 Å². The van der Waals surface area contributed by atoms with Gasteiger partial charge in [-0.1, -0.05) is 30.3 Å². The molecule has 0 saturated heterocycles. The van der Waals surface area contributed by atoms with Crippen molar-refractivity contribution in [2.75, 3.05) is 7.11 Å². The van der Waals surface area contributed by atoms with Gasteiger partial charge in [-0.3, -0.25) is 4.98 Å². The van der Waals surface area contributed by atoms with Gasteiger partial charge in [-0.05, 0) is 18.6 Å². The smallest absolute Gasteiger partial charge is 0.145 e. The minimum Gasteiger partial charge on any atom is -0.494 e. The Morgan fingerprint density at radius 1 is 1.24 bits per heavy atom. The van der Waals surface area contributed by atoms with Crippen LogP contribution in [0.15, 0.2) is 42.6 Å². The highest BCUT2D eigenvalue weighted by molar-refractivity contribution is 7.80. The minimum absolute atomic E-state index is 0.154. The van der Waals surface area contributed by atoms with Crippen LogP contribution in [-0.2, 0) is 0 Å². The van der Waals surface area contributed by atoms with Gasteiger partial charge < -0.3 is 4.74 Å². The summed E-state index contributed by atoms with van der Waals surface area (Å²) in [4.78, 5) is 4.47. The Kier molecular flexibility index (Phi) is 3.69. The van der Waals surface area contributed by atoms with Crippen LogP contribution in [0, 0.1) is 0 Å². The Balaban J connectivity index is 2.49. The third-order valence-electron chi connectivity index (χ3n) is 2.62. The first-order chi connectivity index (χ1) is 8.22. The molecule has 1 aromatic heterocycles. The summed E-state index contributed by atoms with van der Waals surface area (Å²) in [5.74, 6) is 0.787. The molecule has 17 heavy (non-hydrogen) atoms. The van der Waals surface area contributed by atoms with Gasteiger partial charge in [0, 0.05) is 17.0 Å². The van der Waals surface area contributed by atoms with Crippen molar-refractivity contribution < 1.29 is 4.74 Å². The second-order valence-corrected chi connectivity index (χ2v) is 4.64. The van der Waals surface area contributed by atoms with Gasteiger partial charge >= 0.3 is 0 Å². The average molecular weight is 245 g/mol. The van der Waals surface area contributed by atoms with Crippen LogP contribution in [0.2, 0.25) is 0 Å². The van der Waals surface area contributed by atoms with Crippen LogP contribution < -0.4 is 4.74 Å². The highest BCUT2D eigenvalue weighted by Crippen LogP contribution is 2.31. The molecular formula is C14H15NOS. The number of ether oxygens (including phenoxy) is 1. The molecule has 2 rings (SSSR count). The third-order valence-corrected chi connectivity index (χ3v) is 2.92.